The SMILES string of the molecule is C[C@H](NC(=O)N[C@H](Cc1ccccc1)c1ccccc1)C(=O)N(C)C. The maximum absolute atomic E-state index is 12.4. The normalized spacial score (nSPS) is 12.8. The summed E-state index contributed by atoms with van der Waals surface area (Å²) in [4.78, 5) is 25.7. The van der Waals surface area contributed by atoms with Gasteiger partial charge in [0.05, 0.1) is 6.04 Å². The van der Waals surface area contributed by atoms with Gasteiger partial charge in [0.15, 0.2) is 0 Å². The van der Waals surface area contributed by atoms with E-state index in [4.69, 9.17) is 0 Å². The molecule has 0 bridgehead atoms. The van der Waals surface area contributed by atoms with Gasteiger partial charge in [0, 0.05) is 14.1 Å². The van der Waals surface area contributed by atoms with E-state index in [1.54, 1.807) is 21.0 Å². The molecule has 0 saturated heterocycles. The second-order valence-corrected chi connectivity index (χ2v) is 6.23. The van der Waals surface area contributed by atoms with Gasteiger partial charge < -0.3 is 15.5 Å². The minimum Gasteiger partial charge on any atom is -0.347 e. The Morgan fingerprint density at radius 1 is 0.920 bits per heavy atom. The van der Waals surface area contributed by atoms with Crippen molar-refractivity contribution in [3.63, 3.8) is 0 Å². The average molecular weight is 339 g/mol. The van der Waals surface area contributed by atoms with Gasteiger partial charge in [-0.1, -0.05) is 60.7 Å². The Balaban J connectivity index is 2.08. The molecule has 132 valence electrons. The predicted molar refractivity (Wildman–Crippen MR) is 99.2 cm³/mol. The highest BCUT2D eigenvalue weighted by Gasteiger charge is 2.20. The van der Waals surface area contributed by atoms with Crippen LogP contribution in [0.4, 0.5) is 4.79 Å². The Bertz CT molecular complexity index is 687. The molecule has 2 rings (SSSR count). The molecular formula is C20H25N3O2. The molecule has 0 aromatic heterocycles. The highest BCUT2D eigenvalue weighted by molar-refractivity contribution is 5.86. The van der Waals surface area contributed by atoms with Crippen LogP contribution >= 0.6 is 0 Å². The summed E-state index contributed by atoms with van der Waals surface area (Å²) < 4.78 is 0. The van der Waals surface area contributed by atoms with Crippen molar-refractivity contribution in [1.29, 1.82) is 0 Å². The maximum atomic E-state index is 12.4. The molecule has 0 spiro atoms. The van der Waals surface area contributed by atoms with E-state index < -0.39 is 6.04 Å². The third-order valence-corrected chi connectivity index (χ3v) is 3.95. The molecule has 2 aromatic rings. The fraction of sp³-hybridized carbons (Fsp3) is 0.300. The van der Waals surface area contributed by atoms with E-state index >= 15 is 0 Å². The second kappa shape index (κ2) is 8.87. The molecule has 0 aliphatic carbocycles. The van der Waals surface area contributed by atoms with Gasteiger partial charge in [0.2, 0.25) is 5.91 Å². The Hall–Kier alpha value is -2.82. The van der Waals surface area contributed by atoms with Crippen LogP contribution in [0.5, 0.6) is 0 Å². The number of urea groups is 1. The molecule has 5 heteroatoms. The molecule has 0 saturated carbocycles. The molecule has 0 aliphatic rings. The average Bonchev–Trinajstić information content (AvgIpc) is 2.62. The van der Waals surface area contributed by atoms with Crippen LogP contribution < -0.4 is 10.6 Å². The molecule has 0 fully saturated rings. The number of benzene rings is 2. The first kappa shape index (κ1) is 18.5. The van der Waals surface area contributed by atoms with E-state index in [-0.39, 0.29) is 18.0 Å². The number of rotatable bonds is 6. The lowest BCUT2D eigenvalue weighted by molar-refractivity contribution is -0.130. The summed E-state index contributed by atoms with van der Waals surface area (Å²) in [5.74, 6) is -0.144. The Kier molecular flexibility index (Phi) is 6.57. The Morgan fingerprint density at radius 3 is 2.04 bits per heavy atom. The Labute approximate surface area is 149 Å². The fourth-order valence-electron chi connectivity index (χ4n) is 2.63. The first-order valence-electron chi connectivity index (χ1n) is 8.34. The van der Waals surface area contributed by atoms with E-state index in [0.717, 1.165) is 11.1 Å². The number of nitrogens with zero attached hydrogens (tertiary/aromatic N) is 1. The summed E-state index contributed by atoms with van der Waals surface area (Å²) in [6.45, 7) is 1.68. The standard InChI is InChI=1S/C20H25N3O2/c1-15(19(24)23(2)3)21-20(25)22-18(17-12-8-5-9-13-17)14-16-10-6-4-7-11-16/h4-13,15,18H,14H2,1-3H3,(H2,21,22,25)/t15-,18+/m0/s1. The van der Waals surface area contributed by atoms with Crippen LogP contribution in [0.25, 0.3) is 0 Å². The van der Waals surface area contributed by atoms with E-state index in [9.17, 15) is 9.59 Å². The van der Waals surface area contributed by atoms with Gasteiger partial charge in [-0.3, -0.25) is 4.79 Å². The first-order valence-corrected chi connectivity index (χ1v) is 8.34. The summed E-state index contributed by atoms with van der Waals surface area (Å²) in [5.41, 5.74) is 2.15. The van der Waals surface area contributed by atoms with Crippen molar-refractivity contribution in [3.05, 3.63) is 71.8 Å². The molecular weight excluding hydrogens is 314 g/mol. The van der Waals surface area contributed by atoms with Crippen molar-refractivity contribution < 1.29 is 9.59 Å². The first-order chi connectivity index (χ1) is 12.0. The molecule has 3 amide bonds. The number of likely N-dealkylation sites (N-methyl/N-ethyl adjacent to an activating group) is 1. The molecule has 0 heterocycles. The second-order valence-electron chi connectivity index (χ2n) is 6.23. The van der Waals surface area contributed by atoms with Crippen molar-refractivity contribution in [2.24, 2.45) is 0 Å². The summed E-state index contributed by atoms with van der Waals surface area (Å²) in [7, 11) is 3.33. The van der Waals surface area contributed by atoms with Crippen molar-refractivity contribution in [1.82, 2.24) is 15.5 Å². The Morgan fingerprint density at radius 2 is 1.48 bits per heavy atom. The zero-order valence-electron chi connectivity index (χ0n) is 14.9. The number of hydrogen-bond donors (Lipinski definition) is 2. The molecule has 2 aromatic carbocycles. The van der Waals surface area contributed by atoms with Crippen LogP contribution in [0.1, 0.15) is 24.1 Å². The molecule has 0 unspecified atom stereocenters. The van der Waals surface area contributed by atoms with Gasteiger partial charge in [0.1, 0.15) is 6.04 Å². The number of amides is 3. The number of nitrogens with one attached hydrogen (secondary N) is 2. The van der Waals surface area contributed by atoms with Gasteiger partial charge >= 0.3 is 6.03 Å². The van der Waals surface area contributed by atoms with Crippen LogP contribution in [0.3, 0.4) is 0 Å². The zero-order valence-corrected chi connectivity index (χ0v) is 14.9. The number of hydrogen-bond acceptors (Lipinski definition) is 2. The largest absolute Gasteiger partial charge is 0.347 e. The van der Waals surface area contributed by atoms with E-state index in [1.807, 2.05) is 60.7 Å². The fourth-order valence-corrected chi connectivity index (χ4v) is 2.63. The lowest BCUT2D eigenvalue weighted by atomic mass is 9.99. The van der Waals surface area contributed by atoms with Crippen molar-refractivity contribution in [2.75, 3.05) is 14.1 Å². The van der Waals surface area contributed by atoms with Crippen LogP contribution in [0.2, 0.25) is 0 Å². The summed E-state index contributed by atoms with van der Waals surface area (Å²) in [5, 5.41) is 5.69. The molecule has 2 N–H and O–H groups in total. The van der Waals surface area contributed by atoms with Gasteiger partial charge in [-0.15, -0.1) is 0 Å². The van der Waals surface area contributed by atoms with E-state index in [0.29, 0.717) is 6.42 Å². The lowest BCUT2D eigenvalue weighted by Crippen LogP contribution is -2.49. The minimum atomic E-state index is -0.580. The van der Waals surface area contributed by atoms with Gasteiger partial charge in [-0.2, -0.15) is 0 Å². The monoisotopic (exact) mass is 339 g/mol. The van der Waals surface area contributed by atoms with Crippen molar-refractivity contribution in [2.45, 2.75) is 25.4 Å². The third-order valence-electron chi connectivity index (χ3n) is 3.95. The van der Waals surface area contributed by atoms with Crippen LogP contribution in [-0.4, -0.2) is 37.0 Å². The number of carbonyl (C=O) groups excluding carboxylic acids is 2. The zero-order chi connectivity index (χ0) is 18.2. The smallest absolute Gasteiger partial charge is 0.315 e. The van der Waals surface area contributed by atoms with Crippen LogP contribution in [0, 0.1) is 0 Å². The van der Waals surface area contributed by atoms with Crippen molar-refractivity contribution >= 4 is 11.9 Å². The van der Waals surface area contributed by atoms with Gasteiger partial charge in [-0.25, -0.2) is 4.79 Å². The molecule has 0 radical (unpaired) electrons. The highest BCUT2D eigenvalue weighted by Crippen LogP contribution is 2.18. The summed E-state index contributed by atoms with van der Waals surface area (Å²) >= 11 is 0. The summed E-state index contributed by atoms with van der Waals surface area (Å²) in [6.07, 6.45) is 0.675. The van der Waals surface area contributed by atoms with Gasteiger partial charge in [0.25, 0.3) is 0 Å². The van der Waals surface area contributed by atoms with Crippen molar-refractivity contribution in [3.8, 4) is 0 Å². The minimum absolute atomic E-state index is 0.144. The molecule has 25 heavy (non-hydrogen) atoms. The van der Waals surface area contributed by atoms with E-state index in [2.05, 4.69) is 10.6 Å². The van der Waals surface area contributed by atoms with E-state index in [1.165, 1.54) is 4.90 Å². The molecule has 0 aliphatic heterocycles. The highest BCUT2D eigenvalue weighted by atomic mass is 16.2. The lowest BCUT2D eigenvalue weighted by Gasteiger charge is -2.22. The maximum Gasteiger partial charge on any atom is 0.315 e. The topological polar surface area (TPSA) is 61.4 Å². The predicted octanol–water partition coefficient (Wildman–Crippen LogP) is 2.75. The van der Waals surface area contributed by atoms with Gasteiger partial charge in [-0.05, 0) is 24.5 Å². The third kappa shape index (κ3) is 5.64. The molecule has 5 nitrogen and oxygen atoms in total. The molecule has 2 atom stereocenters. The number of carbonyl (C=O) groups is 2. The quantitative estimate of drug-likeness (QED) is 0.850. The van der Waals surface area contributed by atoms with Crippen LogP contribution in [0.15, 0.2) is 60.7 Å². The summed E-state index contributed by atoms with van der Waals surface area (Å²) in [6, 6.07) is 18.7. The van der Waals surface area contributed by atoms with Crippen LogP contribution in [-0.2, 0) is 11.2 Å².